The molecular weight excluding hydrogens is 387 g/mol. The molecule has 30 heavy (non-hydrogen) atoms. The Morgan fingerprint density at radius 1 is 1.17 bits per heavy atom. The van der Waals surface area contributed by atoms with Gasteiger partial charge in [0.1, 0.15) is 18.3 Å². The number of anilines is 1. The molecule has 2 heterocycles. The first-order chi connectivity index (χ1) is 14.3. The third kappa shape index (κ3) is 3.82. The zero-order chi connectivity index (χ0) is 21.3. The number of carbonyl (C=O) groups is 1. The maximum Gasteiger partial charge on any atom is 0.258 e. The highest BCUT2D eigenvalue weighted by Gasteiger charge is 2.23. The topological polar surface area (TPSA) is 98.7 Å². The van der Waals surface area contributed by atoms with Crippen molar-refractivity contribution in [2.75, 3.05) is 5.32 Å². The Morgan fingerprint density at radius 2 is 1.97 bits per heavy atom. The summed E-state index contributed by atoms with van der Waals surface area (Å²) in [4.78, 5) is 21.1. The zero-order valence-electron chi connectivity index (χ0n) is 16.6. The fourth-order valence-electron chi connectivity index (χ4n) is 2.81. The van der Waals surface area contributed by atoms with Crippen LogP contribution in [-0.4, -0.2) is 30.8 Å². The average Bonchev–Trinajstić information content (AvgIpc) is 3.40. The number of aromatic nitrogens is 5. The Morgan fingerprint density at radius 3 is 2.63 bits per heavy atom. The molecule has 2 aromatic carbocycles. The van der Waals surface area contributed by atoms with Gasteiger partial charge in [0.15, 0.2) is 11.6 Å². The highest BCUT2D eigenvalue weighted by Crippen LogP contribution is 2.27. The largest absolute Gasteiger partial charge is 0.334 e. The van der Waals surface area contributed by atoms with Gasteiger partial charge in [0.2, 0.25) is 0 Å². The SMILES string of the molecule is CC(C)(C)c1noc(-c2ccccc2C(=O)Nc2ccc(-n3cncn3)c(F)c2)n1. The van der Waals surface area contributed by atoms with Gasteiger partial charge in [-0.3, -0.25) is 4.79 Å². The van der Waals surface area contributed by atoms with E-state index >= 15 is 0 Å². The predicted molar refractivity (Wildman–Crippen MR) is 108 cm³/mol. The number of rotatable bonds is 4. The molecule has 0 aliphatic heterocycles. The molecule has 0 radical (unpaired) electrons. The first-order valence-electron chi connectivity index (χ1n) is 9.22. The van der Waals surface area contributed by atoms with Crippen LogP contribution in [-0.2, 0) is 5.41 Å². The lowest BCUT2D eigenvalue weighted by Crippen LogP contribution is -2.14. The summed E-state index contributed by atoms with van der Waals surface area (Å²) < 4.78 is 21.1. The summed E-state index contributed by atoms with van der Waals surface area (Å²) in [5.74, 6) is -0.177. The molecular formula is C21H19FN6O2. The summed E-state index contributed by atoms with van der Waals surface area (Å²) >= 11 is 0. The van der Waals surface area contributed by atoms with E-state index in [4.69, 9.17) is 4.52 Å². The van der Waals surface area contributed by atoms with Crippen molar-refractivity contribution < 1.29 is 13.7 Å². The highest BCUT2D eigenvalue weighted by atomic mass is 19.1. The first-order valence-corrected chi connectivity index (χ1v) is 9.22. The number of nitrogens with one attached hydrogen (secondary N) is 1. The standard InChI is InChI=1S/C21H19FN6O2/c1-21(2,3)20-26-19(30-27-20)15-7-5-4-6-14(15)18(29)25-13-8-9-17(16(22)10-13)28-12-23-11-24-28/h4-12H,1-3H3,(H,25,29). The molecule has 0 saturated carbocycles. The molecule has 0 unspecified atom stereocenters. The highest BCUT2D eigenvalue weighted by molar-refractivity contribution is 6.08. The van der Waals surface area contributed by atoms with Crippen LogP contribution in [0.15, 0.2) is 59.6 Å². The Hall–Kier alpha value is -3.88. The molecule has 9 heteroatoms. The molecule has 0 bridgehead atoms. The van der Waals surface area contributed by atoms with E-state index in [-0.39, 0.29) is 17.0 Å². The summed E-state index contributed by atoms with van der Waals surface area (Å²) in [5, 5.41) is 10.6. The average molecular weight is 406 g/mol. The van der Waals surface area contributed by atoms with Gasteiger partial charge >= 0.3 is 0 Å². The van der Waals surface area contributed by atoms with Gasteiger partial charge in [-0.15, -0.1) is 0 Å². The van der Waals surface area contributed by atoms with Crippen molar-refractivity contribution in [1.82, 2.24) is 24.9 Å². The molecule has 8 nitrogen and oxygen atoms in total. The van der Waals surface area contributed by atoms with Crippen LogP contribution < -0.4 is 5.32 Å². The second-order valence-corrected chi connectivity index (χ2v) is 7.68. The van der Waals surface area contributed by atoms with Crippen molar-refractivity contribution in [2.45, 2.75) is 26.2 Å². The number of amides is 1. The van der Waals surface area contributed by atoms with Crippen LogP contribution in [0.2, 0.25) is 0 Å². The molecule has 1 amide bonds. The Kier molecular flexibility index (Phi) is 4.86. The van der Waals surface area contributed by atoms with E-state index in [0.717, 1.165) is 0 Å². The summed E-state index contributed by atoms with van der Waals surface area (Å²) in [6.07, 6.45) is 2.71. The van der Waals surface area contributed by atoms with Crippen molar-refractivity contribution >= 4 is 11.6 Å². The lowest BCUT2D eigenvalue weighted by Gasteiger charge is -2.11. The summed E-state index contributed by atoms with van der Waals surface area (Å²) in [6, 6.07) is 11.2. The molecule has 152 valence electrons. The minimum Gasteiger partial charge on any atom is -0.334 e. The predicted octanol–water partition coefficient (Wildman–Crippen LogP) is 4.01. The van der Waals surface area contributed by atoms with Crippen LogP contribution >= 0.6 is 0 Å². The number of carbonyl (C=O) groups excluding carboxylic acids is 1. The number of halogens is 1. The van der Waals surface area contributed by atoms with E-state index in [1.54, 1.807) is 30.3 Å². The Balaban J connectivity index is 1.61. The molecule has 0 saturated heterocycles. The van der Waals surface area contributed by atoms with Gasteiger partial charge in [0, 0.05) is 11.1 Å². The van der Waals surface area contributed by atoms with Crippen molar-refractivity contribution in [3.63, 3.8) is 0 Å². The first kappa shape index (κ1) is 19.4. The molecule has 0 aliphatic carbocycles. The van der Waals surface area contributed by atoms with Gasteiger partial charge in [-0.25, -0.2) is 14.1 Å². The van der Waals surface area contributed by atoms with E-state index in [0.29, 0.717) is 22.6 Å². The van der Waals surface area contributed by atoms with Crippen molar-refractivity contribution in [2.24, 2.45) is 0 Å². The summed E-state index contributed by atoms with van der Waals surface area (Å²) in [6.45, 7) is 5.91. The van der Waals surface area contributed by atoms with Crippen LogP contribution in [0.25, 0.3) is 17.1 Å². The minimum atomic E-state index is -0.543. The van der Waals surface area contributed by atoms with E-state index in [1.807, 2.05) is 20.8 Å². The van der Waals surface area contributed by atoms with Crippen molar-refractivity contribution in [3.05, 3.63) is 72.3 Å². The fourth-order valence-corrected chi connectivity index (χ4v) is 2.81. The van der Waals surface area contributed by atoms with Gasteiger partial charge in [0.25, 0.3) is 11.8 Å². The third-order valence-corrected chi connectivity index (χ3v) is 4.37. The smallest absolute Gasteiger partial charge is 0.258 e. The molecule has 4 rings (SSSR count). The number of nitrogens with zero attached hydrogens (tertiary/aromatic N) is 5. The van der Waals surface area contributed by atoms with Crippen molar-refractivity contribution in [3.8, 4) is 17.1 Å². The van der Waals surface area contributed by atoms with Gasteiger partial charge in [-0.1, -0.05) is 38.1 Å². The van der Waals surface area contributed by atoms with Crippen molar-refractivity contribution in [1.29, 1.82) is 0 Å². The van der Waals surface area contributed by atoms with Crippen LogP contribution in [0.3, 0.4) is 0 Å². The zero-order valence-corrected chi connectivity index (χ0v) is 16.6. The molecule has 1 N–H and O–H groups in total. The number of hydrogen-bond donors (Lipinski definition) is 1. The molecule has 0 spiro atoms. The van der Waals surface area contributed by atoms with Gasteiger partial charge in [-0.2, -0.15) is 10.1 Å². The molecule has 4 aromatic rings. The number of hydrogen-bond acceptors (Lipinski definition) is 6. The monoisotopic (exact) mass is 406 g/mol. The van der Waals surface area contributed by atoms with Crippen LogP contribution in [0.5, 0.6) is 0 Å². The quantitative estimate of drug-likeness (QED) is 0.550. The normalized spacial score (nSPS) is 11.5. The third-order valence-electron chi connectivity index (χ3n) is 4.37. The number of benzene rings is 2. The second-order valence-electron chi connectivity index (χ2n) is 7.68. The Bertz CT molecular complexity index is 1190. The van der Waals surface area contributed by atoms with E-state index in [1.165, 1.54) is 29.5 Å². The molecule has 0 fully saturated rings. The second kappa shape index (κ2) is 7.51. The Labute approximate surface area is 171 Å². The summed E-state index contributed by atoms with van der Waals surface area (Å²) in [5.41, 5.74) is 1.08. The lowest BCUT2D eigenvalue weighted by atomic mass is 9.96. The van der Waals surface area contributed by atoms with Gasteiger partial charge < -0.3 is 9.84 Å². The van der Waals surface area contributed by atoms with E-state index in [2.05, 4.69) is 25.5 Å². The summed E-state index contributed by atoms with van der Waals surface area (Å²) in [7, 11) is 0. The van der Waals surface area contributed by atoms with Crippen LogP contribution in [0.4, 0.5) is 10.1 Å². The molecule has 2 aromatic heterocycles. The fraction of sp³-hybridized carbons (Fsp3) is 0.190. The maximum absolute atomic E-state index is 14.5. The lowest BCUT2D eigenvalue weighted by molar-refractivity contribution is 0.102. The van der Waals surface area contributed by atoms with E-state index in [9.17, 15) is 9.18 Å². The van der Waals surface area contributed by atoms with Crippen LogP contribution in [0, 0.1) is 5.82 Å². The minimum absolute atomic E-state index is 0.228. The molecule has 0 atom stereocenters. The molecule has 0 aliphatic rings. The van der Waals surface area contributed by atoms with E-state index < -0.39 is 11.7 Å². The maximum atomic E-state index is 14.5. The van der Waals surface area contributed by atoms with Crippen LogP contribution in [0.1, 0.15) is 37.0 Å². The van der Waals surface area contributed by atoms with Gasteiger partial charge in [0.05, 0.1) is 11.1 Å². The van der Waals surface area contributed by atoms with Gasteiger partial charge in [-0.05, 0) is 30.3 Å².